The van der Waals surface area contributed by atoms with Gasteiger partial charge in [0.25, 0.3) is 0 Å². The standard InChI is InChI=1S/C25H25.C12H19.C11H14.2ClH.Zr/c1-14-12-24(3,4)22-8-16-7-17-9-23-19(15(2)13-25(23,5)6)11-21(17)20(16)10-18(14)22;1-6-10-7-9(2)8-11(10)12(3,4)5;1-9-5-7-10(8-6-9)11(2,3)4;;;/h8-12H,7H2,1-6H3;7-8H,6H2,1-5H3;1,5-8H,2-4H3;2*1H;/q2*-1;;;;+2/p-2. The predicted octanol–water partition coefficient (Wildman–Crippen LogP) is 6.71. The van der Waals surface area contributed by atoms with Crippen molar-refractivity contribution in [3.63, 3.8) is 0 Å². The summed E-state index contributed by atoms with van der Waals surface area (Å²) in [5.41, 5.74) is 22.3. The maximum atomic E-state index is 3.65. The number of fused-ring (bicyclic) bond motifs is 5. The molecule has 0 spiro atoms. The predicted molar refractivity (Wildman–Crippen MR) is 212 cm³/mol. The molecule has 0 amide bonds. The van der Waals surface area contributed by atoms with Gasteiger partial charge < -0.3 is 24.8 Å². The van der Waals surface area contributed by atoms with Gasteiger partial charge in [-0.1, -0.05) is 105 Å². The van der Waals surface area contributed by atoms with Crippen molar-refractivity contribution in [1.29, 1.82) is 0 Å². The van der Waals surface area contributed by atoms with E-state index in [2.05, 4.69) is 173 Å². The SMILES string of the molecule is CC(C)(C)c1ccc([CH]=[Zr+2])cc1.CC1=[C-]C(C)(C)c2cc3c(cc21)-c1cc2c(cc1C3)C(C)(C)C=C2C.CCc1[cH-]c(C)cc1C(C)(C)C.[Cl-].[Cl-]. The van der Waals surface area contributed by atoms with Crippen molar-refractivity contribution in [1.82, 2.24) is 0 Å². The first-order chi connectivity index (χ1) is 22.7. The van der Waals surface area contributed by atoms with Crippen molar-refractivity contribution in [3.8, 4) is 11.1 Å². The Morgan fingerprint density at radius 2 is 1.29 bits per heavy atom. The molecule has 3 aliphatic carbocycles. The van der Waals surface area contributed by atoms with Crippen LogP contribution >= 0.6 is 0 Å². The minimum atomic E-state index is 0. The van der Waals surface area contributed by atoms with Gasteiger partial charge in [0.15, 0.2) is 0 Å². The molecule has 0 heterocycles. The minimum absolute atomic E-state index is 0. The van der Waals surface area contributed by atoms with E-state index in [1.807, 2.05) is 0 Å². The van der Waals surface area contributed by atoms with Crippen molar-refractivity contribution in [2.24, 2.45) is 0 Å². The van der Waals surface area contributed by atoms with Crippen molar-refractivity contribution >= 4 is 14.9 Å². The normalized spacial score (nSPS) is 15.6. The molecular formula is C48H58Cl2Zr-2. The third kappa shape index (κ3) is 8.97. The van der Waals surface area contributed by atoms with Crippen LogP contribution in [0, 0.1) is 13.0 Å². The van der Waals surface area contributed by atoms with Crippen LogP contribution in [-0.2, 0) is 58.7 Å². The van der Waals surface area contributed by atoms with E-state index in [4.69, 9.17) is 0 Å². The zero-order valence-electron chi connectivity index (χ0n) is 33.6. The molecule has 0 bridgehead atoms. The van der Waals surface area contributed by atoms with Gasteiger partial charge in [-0.3, -0.25) is 6.08 Å². The summed E-state index contributed by atoms with van der Waals surface area (Å²) in [6.45, 7) is 31.6. The van der Waals surface area contributed by atoms with Crippen LogP contribution < -0.4 is 24.8 Å². The monoisotopic (exact) mass is 794 g/mol. The number of allylic oxidation sites excluding steroid dienone is 4. The third-order valence-electron chi connectivity index (χ3n) is 10.7. The number of hydrogen-bond acceptors (Lipinski definition) is 0. The Balaban J connectivity index is 0.000000229. The first-order valence-electron chi connectivity index (χ1n) is 18.2. The smallest absolute Gasteiger partial charge is 0.00873 e. The van der Waals surface area contributed by atoms with Gasteiger partial charge in [-0.2, -0.15) is 28.3 Å². The maximum absolute atomic E-state index is 3.65. The number of benzene rings is 3. The molecule has 4 aromatic carbocycles. The second kappa shape index (κ2) is 15.7. The molecule has 0 unspecified atom stereocenters. The van der Waals surface area contributed by atoms with E-state index >= 15 is 0 Å². The van der Waals surface area contributed by atoms with Gasteiger partial charge in [-0.05, 0) is 58.4 Å². The second-order valence-electron chi connectivity index (χ2n) is 17.8. The average molecular weight is 797 g/mol. The van der Waals surface area contributed by atoms with E-state index in [1.54, 1.807) is 0 Å². The topological polar surface area (TPSA) is 0 Å². The Hall–Kier alpha value is -2.18. The van der Waals surface area contributed by atoms with Crippen molar-refractivity contribution in [3.05, 3.63) is 134 Å². The van der Waals surface area contributed by atoms with Gasteiger partial charge in [0.05, 0.1) is 0 Å². The summed E-state index contributed by atoms with van der Waals surface area (Å²) < 4.78 is 2.21. The summed E-state index contributed by atoms with van der Waals surface area (Å²) in [6, 6.07) is 23.2. The molecule has 0 radical (unpaired) electrons. The zero-order valence-corrected chi connectivity index (χ0v) is 37.6. The van der Waals surface area contributed by atoms with Crippen LogP contribution in [0.4, 0.5) is 0 Å². The van der Waals surface area contributed by atoms with Crippen LogP contribution in [0.3, 0.4) is 0 Å². The molecule has 7 rings (SSSR count). The Kier molecular flexibility index (Phi) is 13.3. The van der Waals surface area contributed by atoms with E-state index in [9.17, 15) is 0 Å². The molecule has 3 aliphatic rings. The second-order valence-corrected chi connectivity index (χ2v) is 18.5. The Morgan fingerprint density at radius 3 is 1.78 bits per heavy atom. The number of halogens is 2. The molecule has 3 heteroatoms. The van der Waals surface area contributed by atoms with Gasteiger partial charge in [0.2, 0.25) is 0 Å². The molecule has 270 valence electrons. The van der Waals surface area contributed by atoms with Gasteiger partial charge in [-0.15, -0.1) is 11.6 Å². The summed E-state index contributed by atoms with van der Waals surface area (Å²) >= 11 is 1.46. The van der Waals surface area contributed by atoms with E-state index in [0.29, 0.717) is 5.41 Å². The average Bonchev–Trinajstić information content (AvgIpc) is 3.70. The van der Waals surface area contributed by atoms with E-state index in [0.717, 1.165) is 12.8 Å². The number of aryl methyl sites for hydroxylation is 2. The zero-order chi connectivity index (χ0) is 36.3. The summed E-state index contributed by atoms with van der Waals surface area (Å²) in [4.78, 5) is 0. The molecule has 0 fully saturated rings. The molecule has 51 heavy (non-hydrogen) atoms. The van der Waals surface area contributed by atoms with Crippen molar-refractivity contribution in [2.45, 2.75) is 131 Å². The van der Waals surface area contributed by atoms with Gasteiger partial charge in [-0.25, -0.2) is 11.6 Å². The molecule has 4 aromatic rings. The molecule has 0 saturated carbocycles. The number of hydrogen-bond donors (Lipinski definition) is 0. The fraction of sp³-hybridized carbons (Fsp3) is 0.417. The van der Waals surface area contributed by atoms with Gasteiger partial charge in [0.1, 0.15) is 0 Å². The largest absolute Gasteiger partial charge is 1.00 e. The number of rotatable bonds is 2. The molecule has 0 aromatic heterocycles. The van der Waals surface area contributed by atoms with Crippen molar-refractivity contribution < 1.29 is 49.0 Å². The Bertz CT molecular complexity index is 1880. The molecule has 0 aliphatic heterocycles. The molecule has 0 nitrogen and oxygen atoms in total. The maximum Gasteiger partial charge on any atom is 0.00873 e. The fourth-order valence-electron chi connectivity index (χ4n) is 8.06. The molecule has 0 atom stereocenters. The Labute approximate surface area is 338 Å². The first kappa shape index (κ1) is 43.2. The molecular weight excluding hydrogens is 739 g/mol. The van der Waals surface area contributed by atoms with Crippen LogP contribution in [0.2, 0.25) is 0 Å². The Morgan fingerprint density at radius 1 is 0.745 bits per heavy atom. The van der Waals surface area contributed by atoms with Gasteiger partial charge >= 0.3 is 89.5 Å². The summed E-state index contributed by atoms with van der Waals surface area (Å²) in [6.07, 6.45) is 8.29. The van der Waals surface area contributed by atoms with Crippen LogP contribution in [0.15, 0.2) is 66.7 Å². The van der Waals surface area contributed by atoms with Gasteiger partial charge in [0, 0.05) is 5.41 Å². The van der Waals surface area contributed by atoms with Crippen LogP contribution in [0.5, 0.6) is 0 Å². The third-order valence-corrected chi connectivity index (χ3v) is 11.5. The molecule has 0 N–H and O–H groups in total. The fourth-order valence-corrected chi connectivity index (χ4v) is 8.53. The first-order valence-corrected chi connectivity index (χ1v) is 19.6. The minimum Gasteiger partial charge on any atom is -1.00 e. The van der Waals surface area contributed by atoms with E-state index in [-0.39, 0.29) is 41.1 Å². The summed E-state index contributed by atoms with van der Waals surface area (Å²) in [7, 11) is 0. The summed E-state index contributed by atoms with van der Waals surface area (Å²) in [5, 5.41) is 0. The van der Waals surface area contributed by atoms with Crippen molar-refractivity contribution in [2.75, 3.05) is 0 Å². The van der Waals surface area contributed by atoms with Crippen LogP contribution in [-0.4, -0.2) is 3.71 Å². The van der Waals surface area contributed by atoms with Crippen LogP contribution in [0.25, 0.3) is 22.3 Å². The summed E-state index contributed by atoms with van der Waals surface area (Å²) in [5.74, 6) is 0. The van der Waals surface area contributed by atoms with E-state index in [1.165, 1.54) is 108 Å². The molecule has 0 saturated heterocycles. The van der Waals surface area contributed by atoms with Crippen LogP contribution in [0.1, 0.15) is 151 Å². The quantitative estimate of drug-likeness (QED) is 0.175. The van der Waals surface area contributed by atoms with E-state index < -0.39 is 0 Å².